The van der Waals surface area contributed by atoms with Crippen LogP contribution in [0.25, 0.3) is 11.2 Å². The van der Waals surface area contributed by atoms with Crippen LogP contribution in [0.4, 0.5) is 0 Å². The van der Waals surface area contributed by atoms with E-state index in [9.17, 15) is 14.7 Å². The van der Waals surface area contributed by atoms with Gasteiger partial charge in [0.2, 0.25) is 5.28 Å². The number of aliphatic hydroxyl groups is 1. The Morgan fingerprint density at radius 3 is 2.44 bits per heavy atom. The molecule has 3 aromatic rings. The molecule has 1 aromatic carbocycles. The number of rotatable bonds is 10. The minimum absolute atomic E-state index is 0.0209. The Morgan fingerprint density at radius 1 is 1.12 bits per heavy atom. The summed E-state index contributed by atoms with van der Waals surface area (Å²) in [4.78, 5) is 30.8. The summed E-state index contributed by atoms with van der Waals surface area (Å²) in [5.74, 6) is 0. The molecule has 174 valence electrons. The van der Waals surface area contributed by atoms with Crippen LogP contribution >= 0.6 is 23.2 Å². The molecule has 8 nitrogen and oxygen atoms in total. The van der Waals surface area contributed by atoms with Gasteiger partial charge in [0.1, 0.15) is 6.73 Å². The SMILES string of the molecule is [2H]C([2H])(O)CCn1c(=O)c2c(nc(Cl)n2Cc2ccc(Cl)cc2)n(COCC[Si](C)(C)C)c1=O. The summed E-state index contributed by atoms with van der Waals surface area (Å²) in [7, 11) is -1.36. The normalized spacial score (nSPS) is 13.4. The van der Waals surface area contributed by atoms with Crippen LogP contribution in [0, 0.1) is 0 Å². The zero-order valence-electron chi connectivity index (χ0n) is 20.3. The van der Waals surface area contributed by atoms with Gasteiger partial charge in [-0.25, -0.2) is 4.79 Å². The Bertz CT molecular complexity index is 1280. The molecule has 0 fully saturated rings. The molecule has 0 amide bonds. The van der Waals surface area contributed by atoms with Gasteiger partial charge in [-0.1, -0.05) is 43.4 Å². The molecule has 0 saturated heterocycles. The van der Waals surface area contributed by atoms with Gasteiger partial charge in [-0.2, -0.15) is 4.98 Å². The second-order valence-corrected chi connectivity index (χ2v) is 15.1. The van der Waals surface area contributed by atoms with E-state index in [-0.39, 0.29) is 36.3 Å². The number of ether oxygens (including phenoxy) is 1. The van der Waals surface area contributed by atoms with E-state index in [0.29, 0.717) is 11.6 Å². The van der Waals surface area contributed by atoms with Crippen LogP contribution in [0.5, 0.6) is 0 Å². The molecule has 0 aliphatic carbocycles. The summed E-state index contributed by atoms with van der Waals surface area (Å²) >= 11 is 12.4. The lowest BCUT2D eigenvalue weighted by atomic mass is 10.2. The molecule has 0 spiro atoms. The zero-order chi connectivity index (χ0) is 25.3. The van der Waals surface area contributed by atoms with Crippen molar-refractivity contribution in [3.63, 3.8) is 0 Å². The number of imidazole rings is 1. The maximum absolute atomic E-state index is 13.3. The number of hydrogen-bond donors (Lipinski definition) is 1. The Labute approximate surface area is 199 Å². The van der Waals surface area contributed by atoms with E-state index in [4.69, 9.17) is 30.7 Å². The van der Waals surface area contributed by atoms with Crippen molar-refractivity contribution in [3.8, 4) is 0 Å². The summed E-state index contributed by atoms with van der Waals surface area (Å²) in [6, 6.07) is 7.90. The predicted octanol–water partition coefficient (Wildman–Crippen LogP) is 3.41. The summed E-state index contributed by atoms with van der Waals surface area (Å²) < 4.78 is 24.1. The van der Waals surface area contributed by atoms with E-state index >= 15 is 0 Å². The molecule has 32 heavy (non-hydrogen) atoms. The average molecular weight is 501 g/mol. The molecule has 2 heterocycles. The Balaban J connectivity index is 2.09. The third-order valence-corrected chi connectivity index (χ3v) is 7.23. The topological polar surface area (TPSA) is 91.3 Å². The number of hydrogen-bond acceptors (Lipinski definition) is 5. The largest absolute Gasteiger partial charge is 0.396 e. The van der Waals surface area contributed by atoms with Crippen molar-refractivity contribution < 1.29 is 12.6 Å². The summed E-state index contributed by atoms with van der Waals surface area (Å²) in [5.41, 5.74) is -0.386. The minimum Gasteiger partial charge on any atom is -0.396 e. The fraction of sp³-hybridized carbons (Fsp3) is 0.476. The van der Waals surface area contributed by atoms with Gasteiger partial charge in [0.05, 0.1) is 9.29 Å². The number of nitrogens with zero attached hydrogens (tertiary/aromatic N) is 4. The Morgan fingerprint density at radius 2 is 1.81 bits per heavy atom. The van der Waals surface area contributed by atoms with Crippen molar-refractivity contribution in [2.75, 3.05) is 13.2 Å². The van der Waals surface area contributed by atoms with Crippen molar-refractivity contribution in [1.29, 1.82) is 0 Å². The fourth-order valence-electron chi connectivity index (χ4n) is 3.19. The lowest BCUT2D eigenvalue weighted by molar-refractivity contribution is 0.0853. The molecule has 3 rings (SSSR count). The highest BCUT2D eigenvalue weighted by molar-refractivity contribution is 6.76. The van der Waals surface area contributed by atoms with Gasteiger partial charge in [0, 0.05) is 32.8 Å². The van der Waals surface area contributed by atoms with E-state index < -0.39 is 32.3 Å². The molecular formula is C21H28Cl2N4O4Si. The van der Waals surface area contributed by atoms with Crippen molar-refractivity contribution >= 4 is 42.4 Å². The van der Waals surface area contributed by atoms with Crippen molar-refractivity contribution in [2.45, 2.75) is 51.9 Å². The van der Waals surface area contributed by atoms with Crippen molar-refractivity contribution in [3.05, 3.63) is 61.0 Å². The van der Waals surface area contributed by atoms with E-state index in [1.807, 2.05) is 0 Å². The number of benzene rings is 1. The first-order valence-corrected chi connectivity index (χ1v) is 14.7. The minimum atomic E-state index is -2.54. The summed E-state index contributed by atoms with van der Waals surface area (Å²) in [5, 5.41) is 10.1. The number of fused-ring (bicyclic) bond motifs is 1. The quantitative estimate of drug-likeness (QED) is 0.261. The molecule has 0 bridgehead atoms. The third kappa shape index (κ3) is 5.71. The van der Waals surface area contributed by atoms with Crippen LogP contribution in [0.15, 0.2) is 33.9 Å². The first kappa shape index (κ1) is 21.9. The second-order valence-electron chi connectivity index (χ2n) is 8.69. The highest BCUT2D eigenvalue weighted by Crippen LogP contribution is 2.19. The van der Waals surface area contributed by atoms with E-state index in [1.165, 1.54) is 9.13 Å². The van der Waals surface area contributed by atoms with Crippen LogP contribution in [-0.2, 0) is 24.6 Å². The van der Waals surface area contributed by atoms with Crippen LogP contribution in [0.3, 0.4) is 0 Å². The van der Waals surface area contributed by atoms with E-state index in [2.05, 4.69) is 24.6 Å². The smallest absolute Gasteiger partial charge is 0.334 e. The van der Waals surface area contributed by atoms with Gasteiger partial charge in [0.15, 0.2) is 11.2 Å². The molecule has 0 unspecified atom stereocenters. The Hall–Kier alpha value is -1.91. The van der Waals surface area contributed by atoms with Crippen molar-refractivity contribution in [2.24, 2.45) is 0 Å². The van der Waals surface area contributed by atoms with Gasteiger partial charge in [0.25, 0.3) is 5.56 Å². The first-order valence-electron chi connectivity index (χ1n) is 11.2. The molecule has 11 heteroatoms. The highest BCUT2D eigenvalue weighted by Gasteiger charge is 2.21. The fourth-order valence-corrected chi connectivity index (χ4v) is 4.30. The molecular weight excluding hydrogens is 471 g/mol. The van der Waals surface area contributed by atoms with Gasteiger partial charge in [-0.3, -0.25) is 13.9 Å². The monoisotopic (exact) mass is 500 g/mol. The van der Waals surface area contributed by atoms with Crippen LogP contribution in [0.2, 0.25) is 36.0 Å². The lowest BCUT2D eigenvalue weighted by Gasteiger charge is -2.16. The van der Waals surface area contributed by atoms with Crippen LogP contribution in [0.1, 0.15) is 14.7 Å². The number of halogens is 2. The lowest BCUT2D eigenvalue weighted by Crippen LogP contribution is -2.41. The molecule has 0 atom stereocenters. The zero-order valence-corrected chi connectivity index (χ0v) is 20.8. The van der Waals surface area contributed by atoms with Crippen LogP contribution < -0.4 is 11.2 Å². The van der Waals surface area contributed by atoms with Gasteiger partial charge < -0.3 is 14.4 Å². The first-order chi connectivity index (χ1) is 15.8. The summed E-state index contributed by atoms with van der Waals surface area (Å²) in [6.45, 7) is 4.28. The standard InChI is InChI=1S/C21H28Cl2N4O4Si/c1-32(2,3)12-11-31-14-27-18-17(19(29)25(21(27)30)9-4-10-28)26(20(23)24-18)13-15-5-7-16(22)8-6-15/h5-8,28H,4,9-14H2,1-3H3/i10D2. The number of aromatic nitrogens is 4. The molecule has 0 radical (unpaired) electrons. The second kappa shape index (κ2) is 10.3. The van der Waals surface area contributed by atoms with Gasteiger partial charge in [-0.05, 0) is 41.8 Å². The molecule has 0 aliphatic rings. The maximum atomic E-state index is 13.3. The highest BCUT2D eigenvalue weighted by atomic mass is 35.5. The molecule has 2 aromatic heterocycles. The van der Waals surface area contributed by atoms with Crippen molar-refractivity contribution in [1.82, 2.24) is 18.7 Å². The predicted molar refractivity (Wildman–Crippen MR) is 130 cm³/mol. The van der Waals surface area contributed by atoms with E-state index in [1.54, 1.807) is 24.3 Å². The molecule has 1 N–H and O–H groups in total. The average Bonchev–Trinajstić information content (AvgIpc) is 3.03. The van der Waals surface area contributed by atoms with E-state index in [0.717, 1.165) is 16.2 Å². The molecule has 0 aliphatic heterocycles. The molecule has 0 saturated carbocycles. The van der Waals surface area contributed by atoms with Gasteiger partial charge in [-0.15, -0.1) is 0 Å². The maximum Gasteiger partial charge on any atom is 0.334 e. The Kier molecular flexibility index (Phi) is 7.09. The van der Waals surface area contributed by atoms with Crippen LogP contribution in [-0.4, -0.2) is 45.0 Å². The summed E-state index contributed by atoms with van der Waals surface area (Å²) in [6.07, 6.45) is -0.441. The van der Waals surface area contributed by atoms with Gasteiger partial charge >= 0.3 is 5.69 Å². The third-order valence-electron chi connectivity index (χ3n) is 4.99.